The van der Waals surface area contributed by atoms with Crippen LogP contribution in [0.3, 0.4) is 0 Å². The van der Waals surface area contributed by atoms with Crippen LogP contribution < -0.4 is 5.32 Å². The molecule has 0 aliphatic carbocycles. The van der Waals surface area contributed by atoms with Crippen molar-refractivity contribution >= 4 is 11.0 Å². The van der Waals surface area contributed by atoms with Crippen molar-refractivity contribution in [2.24, 2.45) is 5.41 Å². The topological polar surface area (TPSA) is 25.2 Å². The van der Waals surface area contributed by atoms with Gasteiger partial charge >= 0.3 is 0 Å². The third-order valence-corrected chi connectivity index (χ3v) is 2.43. The predicted octanol–water partition coefficient (Wildman–Crippen LogP) is 3.57. The number of rotatable bonds is 3. The number of furan rings is 1. The fourth-order valence-electron chi connectivity index (χ4n) is 1.68. The first-order valence-corrected chi connectivity index (χ1v) is 5.73. The summed E-state index contributed by atoms with van der Waals surface area (Å²) in [5.74, 6) is 1.01. The molecule has 1 heterocycles. The molecule has 0 amide bonds. The van der Waals surface area contributed by atoms with E-state index in [0.717, 1.165) is 24.4 Å². The molecule has 0 aliphatic heterocycles. The van der Waals surface area contributed by atoms with E-state index in [9.17, 15) is 0 Å². The molecule has 2 rings (SSSR count). The van der Waals surface area contributed by atoms with Gasteiger partial charge in [-0.2, -0.15) is 0 Å². The van der Waals surface area contributed by atoms with Crippen LogP contribution in [0.4, 0.5) is 0 Å². The van der Waals surface area contributed by atoms with Crippen molar-refractivity contribution in [2.45, 2.75) is 27.3 Å². The smallest absolute Gasteiger partial charge is 0.134 e. The zero-order valence-electron chi connectivity index (χ0n) is 10.2. The van der Waals surface area contributed by atoms with Gasteiger partial charge in [-0.1, -0.05) is 39.0 Å². The molecule has 1 N–H and O–H groups in total. The molecular weight excluding hydrogens is 198 g/mol. The normalized spacial score (nSPS) is 12.2. The molecule has 0 fully saturated rings. The molecule has 2 heteroatoms. The Morgan fingerprint density at radius 1 is 1.19 bits per heavy atom. The fourth-order valence-corrected chi connectivity index (χ4v) is 1.68. The standard InChI is InChI=1S/C14H19NO/c1-14(2,3)10-15-9-12-8-11-6-4-5-7-13(11)16-12/h4-8,15H,9-10H2,1-3H3. The molecule has 1 aromatic carbocycles. The highest BCUT2D eigenvalue weighted by molar-refractivity contribution is 5.77. The Kier molecular flexibility index (Phi) is 3.01. The lowest BCUT2D eigenvalue weighted by Gasteiger charge is -2.18. The van der Waals surface area contributed by atoms with Gasteiger partial charge in [-0.05, 0) is 17.5 Å². The van der Waals surface area contributed by atoms with E-state index in [2.05, 4.69) is 38.2 Å². The van der Waals surface area contributed by atoms with Gasteiger partial charge in [0.25, 0.3) is 0 Å². The van der Waals surface area contributed by atoms with Crippen molar-refractivity contribution in [2.75, 3.05) is 6.54 Å². The third kappa shape index (κ3) is 2.86. The molecule has 0 saturated heterocycles. The van der Waals surface area contributed by atoms with Gasteiger partial charge in [0.1, 0.15) is 11.3 Å². The second-order valence-corrected chi connectivity index (χ2v) is 5.41. The summed E-state index contributed by atoms with van der Waals surface area (Å²) < 4.78 is 5.72. The number of para-hydroxylation sites is 1. The van der Waals surface area contributed by atoms with Gasteiger partial charge in [0.05, 0.1) is 6.54 Å². The number of nitrogens with one attached hydrogen (secondary N) is 1. The average molecular weight is 217 g/mol. The second-order valence-electron chi connectivity index (χ2n) is 5.41. The van der Waals surface area contributed by atoms with Gasteiger partial charge in [-0.15, -0.1) is 0 Å². The van der Waals surface area contributed by atoms with Crippen LogP contribution in [0, 0.1) is 5.41 Å². The van der Waals surface area contributed by atoms with Crippen LogP contribution in [-0.2, 0) is 6.54 Å². The van der Waals surface area contributed by atoms with E-state index >= 15 is 0 Å². The summed E-state index contributed by atoms with van der Waals surface area (Å²) in [6.45, 7) is 8.45. The minimum Gasteiger partial charge on any atom is -0.460 e. The Balaban J connectivity index is 2.00. The van der Waals surface area contributed by atoms with Crippen molar-refractivity contribution in [3.63, 3.8) is 0 Å². The number of fused-ring (bicyclic) bond motifs is 1. The molecule has 0 radical (unpaired) electrons. The zero-order chi connectivity index (χ0) is 11.6. The maximum atomic E-state index is 5.72. The first-order valence-electron chi connectivity index (χ1n) is 5.73. The SMILES string of the molecule is CC(C)(C)CNCc1cc2ccccc2o1. The number of benzene rings is 1. The molecular formula is C14H19NO. The highest BCUT2D eigenvalue weighted by Crippen LogP contribution is 2.19. The summed E-state index contributed by atoms with van der Waals surface area (Å²) in [4.78, 5) is 0. The molecule has 0 atom stereocenters. The molecule has 2 nitrogen and oxygen atoms in total. The Morgan fingerprint density at radius 2 is 1.94 bits per heavy atom. The van der Waals surface area contributed by atoms with Gasteiger partial charge in [0.2, 0.25) is 0 Å². The van der Waals surface area contributed by atoms with E-state index < -0.39 is 0 Å². The van der Waals surface area contributed by atoms with Crippen LogP contribution in [-0.4, -0.2) is 6.54 Å². The molecule has 0 saturated carbocycles. The van der Waals surface area contributed by atoms with Gasteiger partial charge in [0, 0.05) is 11.9 Å². The quantitative estimate of drug-likeness (QED) is 0.850. The molecule has 0 spiro atoms. The van der Waals surface area contributed by atoms with E-state index in [4.69, 9.17) is 4.42 Å². The number of hydrogen-bond acceptors (Lipinski definition) is 2. The van der Waals surface area contributed by atoms with E-state index in [1.807, 2.05) is 18.2 Å². The highest BCUT2D eigenvalue weighted by atomic mass is 16.3. The van der Waals surface area contributed by atoms with Gasteiger partial charge in [-0.3, -0.25) is 0 Å². The number of hydrogen-bond donors (Lipinski definition) is 1. The van der Waals surface area contributed by atoms with E-state index in [-0.39, 0.29) is 0 Å². The molecule has 86 valence electrons. The largest absolute Gasteiger partial charge is 0.460 e. The van der Waals surface area contributed by atoms with Crippen LogP contribution >= 0.6 is 0 Å². The lowest BCUT2D eigenvalue weighted by molar-refractivity contribution is 0.369. The summed E-state index contributed by atoms with van der Waals surface area (Å²) in [7, 11) is 0. The minimum atomic E-state index is 0.312. The van der Waals surface area contributed by atoms with Crippen LogP contribution in [0.15, 0.2) is 34.7 Å². The third-order valence-electron chi connectivity index (χ3n) is 2.43. The Bertz CT molecular complexity index is 432. The van der Waals surface area contributed by atoms with Crippen LogP contribution in [0.25, 0.3) is 11.0 Å². The minimum absolute atomic E-state index is 0.312. The fraction of sp³-hybridized carbons (Fsp3) is 0.429. The van der Waals surface area contributed by atoms with Crippen molar-refractivity contribution in [1.82, 2.24) is 5.32 Å². The van der Waals surface area contributed by atoms with Crippen molar-refractivity contribution < 1.29 is 4.42 Å². The molecule has 16 heavy (non-hydrogen) atoms. The van der Waals surface area contributed by atoms with E-state index in [0.29, 0.717) is 5.41 Å². The van der Waals surface area contributed by atoms with Crippen molar-refractivity contribution in [1.29, 1.82) is 0 Å². The summed E-state index contributed by atoms with van der Waals surface area (Å²) in [6, 6.07) is 10.2. The highest BCUT2D eigenvalue weighted by Gasteiger charge is 2.09. The monoisotopic (exact) mass is 217 g/mol. The Hall–Kier alpha value is -1.28. The molecule has 0 aliphatic rings. The van der Waals surface area contributed by atoms with Crippen molar-refractivity contribution in [3.05, 3.63) is 36.1 Å². The first kappa shape index (κ1) is 11.2. The second kappa shape index (κ2) is 4.30. The maximum absolute atomic E-state index is 5.72. The first-order chi connectivity index (χ1) is 7.54. The average Bonchev–Trinajstić information content (AvgIpc) is 2.57. The molecule has 2 aromatic rings. The van der Waals surface area contributed by atoms with Gasteiger partial charge in [-0.25, -0.2) is 0 Å². The Labute approximate surface area is 96.6 Å². The van der Waals surface area contributed by atoms with E-state index in [1.54, 1.807) is 0 Å². The summed E-state index contributed by atoms with van der Waals surface area (Å²) in [5, 5.41) is 4.58. The summed E-state index contributed by atoms with van der Waals surface area (Å²) >= 11 is 0. The predicted molar refractivity (Wildman–Crippen MR) is 67.4 cm³/mol. The van der Waals surface area contributed by atoms with Gasteiger partial charge < -0.3 is 9.73 Å². The van der Waals surface area contributed by atoms with Crippen LogP contribution in [0.5, 0.6) is 0 Å². The van der Waals surface area contributed by atoms with Gasteiger partial charge in [0.15, 0.2) is 0 Å². The summed E-state index contributed by atoms with van der Waals surface area (Å²) in [5.41, 5.74) is 1.28. The molecule has 0 bridgehead atoms. The molecule has 0 unspecified atom stereocenters. The van der Waals surface area contributed by atoms with Crippen LogP contribution in [0.2, 0.25) is 0 Å². The maximum Gasteiger partial charge on any atom is 0.134 e. The van der Waals surface area contributed by atoms with Crippen molar-refractivity contribution in [3.8, 4) is 0 Å². The molecule has 1 aromatic heterocycles. The van der Waals surface area contributed by atoms with E-state index in [1.165, 1.54) is 5.39 Å². The lowest BCUT2D eigenvalue weighted by Crippen LogP contribution is -2.26. The van der Waals surface area contributed by atoms with Crippen LogP contribution in [0.1, 0.15) is 26.5 Å². The lowest BCUT2D eigenvalue weighted by atomic mass is 9.97. The zero-order valence-corrected chi connectivity index (χ0v) is 10.2. The summed E-state index contributed by atoms with van der Waals surface area (Å²) in [6.07, 6.45) is 0. The Morgan fingerprint density at radius 3 is 2.62 bits per heavy atom.